The fourth-order valence-electron chi connectivity index (χ4n) is 3.32. The standard InChI is InChI=1S/C20H21NO4/c1-13-8-9-17(23)16(10-13)20-18(25-14(2)22)11-19(24)21(20)12-15-6-4-3-5-7-15/h3-10,18,20,23H,11-12H2,1-2H3/t18-,20+/m1/s1. The molecule has 0 aliphatic carbocycles. The Hall–Kier alpha value is -2.82. The van der Waals surface area contributed by atoms with Crippen molar-refractivity contribution in [3.05, 3.63) is 65.2 Å². The van der Waals surface area contributed by atoms with Crippen molar-refractivity contribution in [1.29, 1.82) is 0 Å². The van der Waals surface area contributed by atoms with Crippen LogP contribution in [0.3, 0.4) is 0 Å². The summed E-state index contributed by atoms with van der Waals surface area (Å²) in [6.07, 6.45) is -0.494. The van der Waals surface area contributed by atoms with Gasteiger partial charge in [0.2, 0.25) is 5.91 Å². The summed E-state index contributed by atoms with van der Waals surface area (Å²) in [6, 6.07) is 14.4. The fraction of sp³-hybridized carbons (Fsp3) is 0.300. The number of benzene rings is 2. The van der Waals surface area contributed by atoms with Crippen LogP contribution < -0.4 is 0 Å². The first-order chi connectivity index (χ1) is 12.0. The smallest absolute Gasteiger partial charge is 0.303 e. The molecule has 1 N–H and O–H groups in total. The number of likely N-dealkylation sites (tertiary alicyclic amines) is 1. The topological polar surface area (TPSA) is 66.8 Å². The Bertz CT molecular complexity index is 788. The number of hydrogen-bond acceptors (Lipinski definition) is 4. The number of nitrogens with zero attached hydrogens (tertiary/aromatic N) is 1. The lowest BCUT2D eigenvalue weighted by atomic mass is 9.98. The second-order valence-corrected chi connectivity index (χ2v) is 6.37. The molecule has 0 unspecified atom stereocenters. The molecule has 1 heterocycles. The highest BCUT2D eigenvalue weighted by Crippen LogP contribution is 2.40. The molecule has 1 fully saturated rings. The number of carbonyl (C=O) groups is 2. The number of aromatic hydroxyl groups is 1. The highest BCUT2D eigenvalue weighted by Gasteiger charge is 2.43. The minimum atomic E-state index is -0.610. The van der Waals surface area contributed by atoms with Crippen molar-refractivity contribution in [2.75, 3.05) is 0 Å². The lowest BCUT2D eigenvalue weighted by Gasteiger charge is -2.29. The molecule has 5 heteroatoms. The SMILES string of the molecule is CC(=O)O[C@@H]1CC(=O)N(Cc2ccccc2)[C@H]1c1cc(C)ccc1O. The Labute approximate surface area is 146 Å². The Kier molecular flexibility index (Phi) is 4.74. The molecule has 0 saturated carbocycles. The molecule has 1 amide bonds. The van der Waals surface area contributed by atoms with Crippen LogP contribution in [0.2, 0.25) is 0 Å². The summed E-state index contributed by atoms with van der Waals surface area (Å²) in [4.78, 5) is 25.8. The maximum atomic E-state index is 12.6. The van der Waals surface area contributed by atoms with Gasteiger partial charge in [-0.15, -0.1) is 0 Å². The maximum Gasteiger partial charge on any atom is 0.303 e. The van der Waals surface area contributed by atoms with Crippen molar-refractivity contribution in [2.45, 2.75) is 39.0 Å². The van der Waals surface area contributed by atoms with Crippen LogP contribution in [0.4, 0.5) is 0 Å². The van der Waals surface area contributed by atoms with Crippen molar-refractivity contribution < 1.29 is 19.4 Å². The van der Waals surface area contributed by atoms with Gasteiger partial charge in [-0.1, -0.05) is 48.0 Å². The zero-order chi connectivity index (χ0) is 18.0. The molecule has 1 saturated heterocycles. The summed E-state index contributed by atoms with van der Waals surface area (Å²) in [7, 11) is 0. The molecule has 0 radical (unpaired) electrons. The van der Waals surface area contributed by atoms with E-state index in [1.54, 1.807) is 17.0 Å². The molecule has 2 aromatic rings. The third-order valence-corrected chi connectivity index (χ3v) is 4.40. The number of carbonyl (C=O) groups excluding carboxylic acids is 2. The second-order valence-electron chi connectivity index (χ2n) is 6.37. The minimum Gasteiger partial charge on any atom is -0.508 e. The summed E-state index contributed by atoms with van der Waals surface area (Å²) >= 11 is 0. The Morgan fingerprint density at radius 1 is 1.24 bits per heavy atom. The summed E-state index contributed by atoms with van der Waals surface area (Å²) in [5.41, 5.74) is 2.55. The number of esters is 1. The number of hydrogen-bond donors (Lipinski definition) is 1. The summed E-state index contributed by atoms with van der Waals surface area (Å²) < 4.78 is 5.40. The van der Waals surface area contributed by atoms with E-state index in [2.05, 4.69) is 0 Å². The summed E-state index contributed by atoms with van der Waals surface area (Å²) in [5.74, 6) is -0.432. The Morgan fingerprint density at radius 3 is 2.64 bits per heavy atom. The molecular weight excluding hydrogens is 318 g/mol. The molecule has 25 heavy (non-hydrogen) atoms. The van der Waals surface area contributed by atoms with Gasteiger partial charge in [0.15, 0.2) is 0 Å². The molecule has 0 bridgehead atoms. The molecule has 130 valence electrons. The van der Waals surface area contributed by atoms with Gasteiger partial charge in [-0.25, -0.2) is 0 Å². The third-order valence-electron chi connectivity index (χ3n) is 4.40. The molecule has 1 aliphatic rings. The number of phenolic OH excluding ortho intramolecular Hbond substituents is 1. The van der Waals surface area contributed by atoms with Gasteiger partial charge in [0.1, 0.15) is 11.9 Å². The van der Waals surface area contributed by atoms with E-state index in [1.165, 1.54) is 6.92 Å². The van der Waals surface area contributed by atoms with Crippen LogP contribution in [0, 0.1) is 6.92 Å². The number of rotatable bonds is 4. The Balaban J connectivity index is 2.00. The molecular formula is C20H21NO4. The molecule has 5 nitrogen and oxygen atoms in total. The van der Waals surface area contributed by atoms with Crippen molar-refractivity contribution in [1.82, 2.24) is 4.90 Å². The highest BCUT2D eigenvalue weighted by molar-refractivity contribution is 5.81. The number of phenols is 1. The van der Waals surface area contributed by atoms with Crippen LogP contribution in [-0.2, 0) is 20.9 Å². The normalized spacial score (nSPS) is 19.9. The number of amides is 1. The molecule has 1 aliphatic heterocycles. The molecule has 3 rings (SSSR count). The predicted octanol–water partition coefficient (Wildman–Crippen LogP) is 3.11. The predicted molar refractivity (Wildman–Crippen MR) is 92.7 cm³/mol. The first-order valence-corrected chi connectivity index (χ1v) is 8.26. The summed E-state index contributed by atoms with van der Waals surface area (Å²) in [6.45, 7) is 3.65. The van der Waals surface area contributed by atoms with E-state index >= 15 is 0 Å². The van der Waals surface area contributed by atoms with E-state index in [1.807, 2.05) is 43.3 Å². The van der Waals surface area contributed by atoms with E-state index in [0.717, 1.165) is 11.1 Å². The second kappa shape index (κ2) is 6.97. The van der Waals surface area contributed by atoms with Crippen molar-refractivity contribution in [3.8, 4) is 5.75 Å². The first kappa shape index (κ1) is 17.0. The highest BCUT2D eigenvalue weighted by atomic mass is 16.5. The average Bonchev–Trinajstić information content (AvgIpc) is 2.85. The maximum absolute atomic E-state index is 12.6. The summed E-state index contributed by atoms with van der Waals surface area (Å²) in [5, 5.41) is 10.3. The molecule has 0 spiro atoms. The zero-order valence-corrected chi connectivity index (χ0v) is 14.3. The molecule has 0 aromatic heterocycles. The lowest BCUT2D eigenvalue weighted by Crippen LogP contribution is -2.31. The van der Waals surface area contributed by atoms with E-state index < -0.39 is 18.1 Å². The number of ether oxygens (including phenoxy) is 1. The lowest BCUT2D eigenvalue weighted by molar-refractivity contribution is -0.147. The van der Waals surface area contributed by atoms with Crippen LogP contribution in [-0.4, -0.2) is 28.0 Å². The van der Waals surface area contributed by atoms with Gasteiger partial charge in [-0.2, -0.15) is 0 Å². The van der Waals surface area contributed by atoms with Gasteiger partial charge >= 0.3 is 5.97 Å². The van der Waals surface area contributed by atoms with Gasteiger partial charge in [0, 0.05) is 19.0 Å². The van der Waals surface area contributed by atoms with Gasteiger partial charge in [-0.3, -0.25) is 9.59 Å². The van der Waals surface area contributed by atoms with Gasteiger partial charge in [0.05, 0.1) is 12.5 Å². The third kappa shape index (κ3) is 3.65. The van der Waals surface area contributed by atoms with Crippen LogP contribution in [0.25, 0.3) is 0 Å². The largest absolute Gasteiger partial charge is 0.508 e. The van der Waals surface area contributed by atoms with Gasteiger partial charge in [-0.05, 0) is 18.6 Å². The molecule has 2 aromatic carbocycles. The fourth-order valence-corrected chi connectivity index (χ4v) is 3.32. The van der Waals surface area contributed by atoms with Crippen molar-refractivity contribution in [3.63, 3.8) is 0 Å². The van der Waals surface area contributed by atoms with Crippen LogP contribution in [0.1, 0.15) is 36.1 Å². The average molecular weight is 339 g/mol. The van der Waals surface area contributed by atoms with Crippen molar-refractivity contribution >= 4 is 11.9 Å². The van der Waals surface area contributed by atoms with Crippen molar-refractivity contribution in [2.24, 2.45) is 0 Å². The van der Waals surface area contributed by atoms with Crippen LogP contribution >= 0.6 is 0 Å². The van der Waals surface area contributed by atoms with E-state index in [4.69, 9.17) is 4.74 Å². The van der Waals surface area contributed by atoms with E-state index in [-0.39, 0.29) is 18.1 Å². The van der Waals surface area contributed by atoms with Gasteiger partial charge in [0.25, 0.3) is 0 Å². The molecule has 2 atom stereocenters. The van der Waals surface area contributed by atoms with Gasteiger partial charge < -0.3 is 14.7 Å². The minimum absolute atomic E-state index is 0.0963. The Morgan fingerprint density at radius 2 is 1.96 bits per heavy atom. The van der Waals surface area contributed by atoms with Crippen LogP contribution in [0.15, 0.2) is 48.5 Å². The first-order valence-electron chi connectivity index (χ1n) is 8.26. The van der Waals surface area contributed by atoms with E-state index in [9.17, 15) is 14.7 Å². The monoisotopic (exact) mass is 339 g/mol. The number of aryl methyl sites for hydroxylation is 1. The van der Waals surface area contributed by atoms with E-state index in [0.29, 0.717) is 12.1 Å². The van der Waals surface area contributed by atoms with Crippen LogP contribution in [0.5, 0.6) is 5.75 Å². The quantitative estimate of drug-likeness (QED) is 0.869. The zero-order valence-electron chi connectivity index (χ0n) is 14.3.